The summed E-state index contributed by atoms with van der Waals surface area (Å²) in [6.07, 6.45) is 0. The maximum atomic E-state index is 11.9. The topological polar surface area (TPSA) is 40.6 Å². The molecule has 1 saturated heterocycles. The third kappa shape index (κ3) is 2.58. The van der Waals surface area contributed by atoms with Crippen LogP contribution in [0.2, 0.25) is 5.02 Å². The van der Waals surface area contributed by atoms with Crippen molar-refractivity contribution in [2.45, 2.75) is 6.92 Å². The number of hydrogen-bond acceptors (Lipinski definition) is 2. The van der Waals surface area contributed by atoms with Gasteiger partial charge in [-0.25, -0.2) is 0 Å². The van der Waals surface area contributed by atoms with Crippen LogP contribution in [0.1, 0.15) is 6.92 Å². The highest BCUT2D eigenvalue weighted by molar-refractivity contribution is 6.30. The van der Waals surface area contributed by atoms with E-state index in [4.69, 9.17) is 11.6 Å². The summed E-state index contributed by atoms with van der Waals surface area (Å²) in [5.74, 6) is -0.141. The largest absolute Gasteiger partial charge is 0.332 e. The van der Waals surface area contributed by atoms with E-state index in [0.29, 0.717) is 18.1 Å². The van der Waals surface area contributed by atoms with Crippen LogP contribution in [0.3, 0.4) is 0 Å². The van der Waals surface area contributed by atoms with E-state index in [1.807, 2.05) is 12.1 Å². The quantitative estimate of drug-likeness (QED) is 0.761. The molecular formula is C12H13ClN2O2. The Balaban J connectivity index is 2.15. The second-order valence-corrected chi connectivity index (χ2v) is 4.40. The number of benzene rings is 1. The molecule has 1 heterocycles. The Morgan fingerprint density at radius 2 is 2.12 bits per heavy atom. The van der Waals surface area contributed by atoms with Gasteiger partial charge < -0.3 is 9.80 Å². The van der Waals surface area contributed by atoms with Crippen LogP contribution in [0.5, 0.6) is 0 Å². The van der Waals surface area contributed by atoms with Crippen molar-refractivity contribution in [1.82, 2.24) is 4.90 Å². The molecule has 2 rings (SSSR count). The Labute approximate surface area is 105 Å². The maximum absolute atomic E-state index is 11.9. The summed E-state index contributed by atoms with van der Waals surface area (Å²) in [5, 5.41) is 0.601. The van der Waals surface area contributed by atoms with E-state index in [2.05, 4.69) is 0 Å². The molecule has 0 aromatic heterocycles. The highest BCUT2D eigenvalue weighted by atomic mass is 35.5. The monoisotopic (exact) mass is 252 g/mol. The van der Waals surface area contributed by atoms with Gasteiger partial charge in [-0.2, -0.15) is 0 Å². The van der Waals surface area contributed by atoms with Gasteiger partial charge in [0.2, 0.25) is 11.8 Å². The number of carbonyl (C=O) groups is 2. The van der Waals surface area contributed by atoms with Gasteiger partial charge in [-0.15, -0.1) is 0 Å². The molecule has 1 aliphatic heterocycles. The SMILES string of the molecule is CC(=O)N1CCN(c2cccc(Cl)c2)C(=O)C1. The molecule has 0 bridgehead atoms. The zero-order chi connectivity index (χ0) is 12.4. The van der Waals surface area contributed by atoms with Crippen molar-refractivity contribution in [2.75, 3.05) is 24.5 Å². The van der Waals surface area contributed by atoms with E-state index in [1.54, 1.807) is 21.9 Å². The summed E-state index contributed by atoms with van der Waals surface area (Å²) in [6, 6.07) is 7.17. The second kappa shape index (κ2) is 4.75. The zero-order valence-corrected chi connectivity index (χ0v) is 10.3. The maximum Gasteiger partial charge on any atom is 0.246 e. The van der Waals surface area contributed by atoms with Gasteiger partial charge in [0.15, 0.2) is 0 Å². The number of carbonyl (C=O) groups excluding carboxylic acids is 2. The minimum Gasteiger partial charge on any atom is -0.332 e. The molecule has 1 aromatic carbocycles. The molecule has 17 heavy (non-hydrogen) atoms. The van der Waals surface area contributed by atoms with Crippen LogP contribution in [-0.4, -0.2) is 36.3 Å². The number of rotatable bonds is 1. The van der Waals surface area contributed by atoms with Crippen LogP contribution in [0, 0.1) is 0 Å². The number of piperazine rings is 1. The predicted octanol–water partition coefficient (Wildman–Crippen LogP) is 1.54. The lowest BCUT2D eigenvalue weighted by Crippen LogP contribution is -2.51. The normalized spacial score (nSPS) is 16.2. The van der Waals surface area contributed by atoms with Gasteiger partial charge in [-0.3, -0.25) is 9.59 Å². The number of amides is 2. The molecule has 0 unspecified atom stereocenters. The minimum absolute atomic E-state index is 0.0657. The lowest BCUT2D eigenvalue weighted by atomic mass is 10.2. The first kappa shape index (κ1) is 11.9. The predicted molar refractivity (Wildman–Crippen MR) is 66.1 cm³/mol. The van der Waals surface area contributed by atoms with Crippen molar-refractivity contribution < 1.29 is 9.59 Å². The lowest BCUT2D eigenvalue weighted by Gasteiger charge is -2.33. The number of anilines is 1. The summed E-state index contributed by atoms with van der Waals surface area (Å²) in [7, 11) is 0. The molecule has 0 atom stereocenters. The third-order valence-electron chi connectivity index (χ3n) is 2.79. The van der Waals surface area contributed by atoms with Gasteiger partial charge in [-0.05, 0) is 18.2 Å². The summed E-state index contributed by atoms with van der Waals surface area (Å²) >= 11 is 5.89. The van der Waals surface area contributed by atoms with Crippen LogP contribution < -0.4 is 4.90 Å². The molecule has 1 aliphatic rings. The van der Waals surface area contributed by atoms with Crippen molar-refractivity contribution in [2.24, 2.45) is 0 Å². The van der Waals surface area contributed by atoms with E-state index in [9.17, 15) is 9.59 Å². The molecule has 0 N–H and O–H groups in total. The van der Waals surface area contributed by atoms with Gasteiger partial charge >= 0.3 is 0 Å². The van der Waals surface area contributed by atoms with Gasteiger partial charge in [0, 0.05) is 30.7 Å². The van der Waals surface area contributed by atoms with Crippen LogP contribution >= 0.6 is 11.6 Å². The van der Waals surface area contributed by atoms with Gasteiger partial charge in [0.25, 0.3) is 0 Å². The minimum atomic E-state index is -0.0753. The first-order valence-electron chi connectivity index (χ1n) is 5.39. The van der Waals surface area contributed by atoms with E-state index in [-0.39, 0.29) is 18.4 Å². The molecule has 0 radical (unpaired) electrons. The van der Waals surface area contributed by atoms with Crippen LogP contribution in [-0.2, 0) is 9.59 Å². The molecule has 0 saturated carbocycles. The fourth-order valence-electron chi connectivity index (χ4n) is 1.86. The Hall–Kier alpha value is -1.55. The summed E-state index contributed by atoms with van der Waals surface area (Å²) < 4.78 is 0. The summed E-state index contributed by atoms with van der Waals surface area (Å²) in [6.45, 7) is 2.69. The van der Waals surface area contributed by atoms with Crippen molar-refractivity contribution in [3.63, 3.8) is 0 Å². The van der Waals surface area contributed by atoms with E-state index in [1.165, 1.54) is 6.92 Å². The summed E-state index contributed by atoms with van der Waals surface area (Å²) in [4.78, 5) is 26.3. The summed E-state index contributed by atoms with van der Waals surface area (Å²) in [5.41, 5.74) is 0.783. The number of halogens is 1. The molecule has 1 fully saturated rings. The first-order valence-corrected chi connectivity index (χ1v) is 5.77. The van der Waals surface area contributed by atoms with Crippen molar-refractivity contribution in [1.29, 1.82) is 0 Å². The van der Waals surface area contributed by atoms with Crippen molar-refractivity contribution in [3.8, 4) is 0 Å². The van der Waals surface area contributed by atoms with Crippen LogP contribution in [0.4, 0.5) is 5.69 Å². The average Bonchev–Trinajstić information content (AvgIpc) is 2.28. The average molecular weight is 253 g/mol. The van der Waals surface area contributed by atoms with E-state index in [0.717, 1.165) is 5.69 Å². The lowest BCUT2D eigenvalue weighted by molar-refractivity contribution is -0.135. The Morgan fingerprint density at radius 3 is 2.71 bits per heavy atom. The third-order valence-corrected chi connectivity index (χ3v) is 3.02. The van der Waals surface area contributed by atoms with E-state index >= 15 is 0 Å². The fourth-order valence-corrected chi connectivity index (χ4v) is 2.04. The molecule has 2 amide bonds. The molecular weight excluding hydrogens is 240 g/mol. The Bertz CT molecular complexity index is 462. The highest BCUT2D eigenvalue weighted by Crippen LogP contribution is 2.21. The first-order chi connectivity index (χ1) is 8.08. The highest BCUT2D eigenvalue weighted by Gasteiger charge is 2.26. The Kier molecular flexibility index (Phi) is 3.33. The van der Waals surface area contributed by atoms with Crippen LogP contribution in [0.15, 0.2) is 24.3 Å². The molecule has 90 valence electrons. The molecule has 4 nitrogen and oxygen atoms in total. The van der Waals surface area contributed by atoms with Gasteiger partial charge in [0.05, 0.1) is 0 Å². The molecule has 1 aromatic rings. The number of hydrogen-bond donors (Lipinski definition) is 0. The second-order valence-electron chi connectivity index (χ2n) is 3.97. The van der Waals surface area contributed by atoms with Gasteiger partial charge in [-0.1, -0.05) is 17.7 Å². The standard InChI is InChI=1S/C12H13ClN2O2/c1-9(16)14-5-6-15(12(17)8-14)11-4-2-3-10(13)7-11/h2-4,7H,5-6,8H2,1H3. The number of nitrogens with zero attached hydrogens (tertiary/aromatic N) is 2. The van der Waals surface area contributed by atoms with Crippen molar-refractivity contribution >= 4 is 29.1 Å². The molecule has 0 aliphatic carbocycles. The molecule has 0 spiro atoms. The molecule has 5 heteroatoms. The zero-order valence-electron chi connectivity index (χ0n) is 9.52. The Morgan fingerprint density at radius 1 is 1.35 bits per heavy atom. The fraction of sp³-hybridized carbons (Fsp3) is 0.333. The smallest absolute Gasteiger partial charge is 0.246 e. The van der Waals surface area contributed by atoms with Crippen LogP contribution in [0.25, 0.3) is 0 Å². The van der Waals surface area contributed by atoms with Crippen molar-refractivity contribution in [3.05, 3.63) is 29.3 Å². The van der Waals surface area contributed by atoms with E-state index < -0.39 is 0 Å². The van der Waals surface area contributed by atoms with Gasteiger partial charge in [0.1, 0.15) is 6.54 Å².